The lowest BCUT2D eigenvalue weighted by Gasteiger charge is -2.17. The maximum absolute atomic E-state index is 12.5. The molecule has 0 saturated carbocycles. The van der Waals surface area contributed by atoms with Gasteiger partial charge in [-0.2, -0.15) is 4.98 Å². The number of aromatic amines is 2. The summed E-state index contributed by atoms with van der Waals surface area (Å²) in [5, 5.41) is 24.9. The van der Waals surface area contributed by atoms with Crippen LogP contribution in [0.4, 0.5) is 17.7 Å². The summed E-state index contributed by atoms with van der Waals surface area (Å²) in [5.41, 5.74) is 7.17. The number of nitrogens with zero attached hydrogens (tertiary/aromatic N) is 4. The van der Waals surface area contributed by atoms with Gasteiger partial charge in [-0.3, -0.25) is 14.3 Å². The van der Waals surface area contributed by atoms with Crippen molar-refractivity contribution in [2.45, 2.75) is 24.9 Å². The zero-order valence-electron chi connectivity index (χ0n) is 17.2. The van der Waals surface area contributed by atoms with Gasteiger partial charge in [-0.15, -0.1) is 0 Å². The molecule has 0 unspecified atom stereocenters. The first kappa shape index (κ1) is 19.7. The van der Waals surface area contributed by atoms with E-state index in [0.29, 0.717) is 11.5 Å². The monoisotopic (exact) mass is 448 g/mol. The van der Waals surface area contributed by atoms with E-state index in [4.69, 9.17) is 10.5 Å². The van der Waals surface area contributed by atoms with Crippen molar-refractivity contribution in [2.75, 3.05) is 17.7 Å². The fourth-order valence-electron chi connectivity index (χ4n) is 4.31. The first-order valence-corrected chi connectivity index (χ1v) is 10.4. The number of imidazole rings is 1. The number of nitrogen functional groups attached to an aromatic ring is 1. The Kier molecular flexibility index (Phi) is 4.33. The number of para-hydroxylation sites is 1. The molecular weight excluding hydrogens is 428 g/mol. The van der Waals surface area contributed by atoms with Crippen molar-refractivity contribution in [1.82, 2.24) is 29.5 Å². The molecule has 12 heteroatoms. The first-order chi connectivity index (χ1) is 16.0. The SMILES string of the molecule is Nc1nc2c(nc(Nc3ccc4c(n3)[nH]c3ccccc34)n2[C@H]2C[C@H](O)[C@@H](CO)O2)c(=O)[nH]1. The predicted molar refractivity (Wildman–Crippen MR) is 121 cm³/mol. The number of anilines is 3. The summed E-state index contributed by atoms with van der Waals surface area (Å²) in [4.78, 5) is 31.5. The van der Waals surface area contributed by atoms with Gasteiger partial charge in [-0.05, 0) is 18.2 Å². The number of benzene rings is 1. The van der Waals surface area contributed by atoms with Gasteiger partial charge in [0.2, 0.25) is 11.9 Å². The van der Waals surface area contributed by atoms with Gasteiger partial charge in [-0.25, -0.2) is 9.97 Å². The van der Waals surface area contributed by atoms with Crippen molar-refractivity contribution in [3.63, 3.8) is 0 Å². The van der Waals surface area contributed by atoms with Crippen molar-refractivity contribution in [2.24, 2.45) is 0 Å². The van der Waals surface area contributed by atoms with Crippen LogP contribution in [0.5, 0.6) is 0 Å². The van der Waals surface area contributed by atoms with E-state index in [1.165, 1.54) is 0 Å². The number of pyridine rings is 1. The molecule has 4 aromatic heterocycles. The summed E-state index contributed by atoms with van der Waals surface area (Å²) >= 11 is 0. The Morgan fingerprint density at radius 3 is 2.82 bits per heavy atom. The van der Waals surface area contributed by atoms with E-state index in [-0.39, 0.29) is 36.1 Å². The average Bonchev–Trinajstić information content (AvgIpc) is 3.46. The Morgan fingerprint density at radius 1 is 1.15 bits per heavy atom. The van der Waals surface area contributed by atoms with Crippen LogP contribution in [-0.2, 0) is 4.74 Å². The maximum atomic E-state index is 12.5. The molecule has 5 heterocycles. The molecule has 1 aliphatic rings. The molecule has 33 heavy (non-hydrogen) atoms. The molecule has 168 valence electrons. The van der Waals surface area contributed by atoms with Crippen LogP contribution in [0.15, 0.2) is 41.2 Å². The van der Waals surface area contributed by atoms with E-state index in [1.54, 1.807) is 10.6 Å². The minimum atomic E-state index is -0.884. The van der Waals surface area contributed by atoms with Gasteiger partial charge >= 0.3 is 0 Å². The highest BCUT2D eigenvalue weighted by Crippen LogP contribution is 2.34. The van der Waals surface area contributed by atoms with E-state index in [2.05, 4.69) is 30.2 Å². The average molecular weight is 448 g/mol. The Bertz CT molecular complexity index is 1570. The number of hydrogen-bond donors (Lipinski definition) is 6. The number of ether oxygens (including phenoxy) is 1. The fourth-order valence-corrected chi connectivity index (χ4v) is 4.31. The largest absolute Gasteiger partial charge is 0.394 e. The predicted octanol–water partition coefficient (Wildman–Crippen LogP) is 1.12. The molecule has 1 saturated heterocycles. The number of fused-ring (bicyclic) bond motifs is 4. The van der Waals surface area contributed by atoms with Crippen molar-refractivity contribution in [1.29, 1.82) is 0 Å². The second-order valence-corrected chi connectivity index (χ2v) is 7.93. The molecule has 1 fully saturated rings. The number of aliphatic hydroxyl groups is 2. The van der Waals surface area contributed by atoms with E-state index in [0.717, 1.165) is 16.3 Å². The number of aliphatic hydroxyl groups excluding tert-OH is 2. The van der Waals surface area contributed by atoms with Gasteiger partial charge in [0.15, 0.2) is 11.2 Å². The molecule has 0 amide bonds. The van der Waals surface area contributed by atoms with E-state index < -0.39 is 24.0 Å². The number of H-pyrrole nitrogens is 2. The summed E-state index contributed by atoms with van der Waals surface area (Å²) in [7, 11) is 0. The lowest BCUT2D eigenvalue weighted by molar-refractivity contribution is -0.0425. The van der Waals surface area contributed by atoms with Crippen LogP contribution in [0.2, 0.25) is 0 Å². The van der Waals surface area contributed by atoms with Crippen molar-refractivity contribution >= 4 is 50.8 Å². The summed E-state index contributed by atoms with van der Waals surface area (Å²) < 4.78 is 7.36. The Labute approximate surface area is 185 Å². The van der Waals surface area contributed by atoms with Crippen LogP contribution in [0, 0.1) is 0 Å². The summed E-state index contributed by atoms with van der Waals surface area (Å²) in [6.07, 6.45) is -2.20. The summed E-state index contributed by atoms with van der Waals surface area (Å²) in [6.45, 7) is -0.345. The maximum Gasteiger partial charge on any atom is 0.280 e. The van der Waals surface area contributed by atoms with Crippen LogP contribution in [0.3, 0.4) is 0 Å². The number of nitrogens with two attached hydrogens (primary N) is 1. The van der Waals surface area contributed by atoms with Crippen LogP contribution in [-0.4, -0.2) is 58.5 Å². The minimum absolute atomic E-state index is 0.0592. The van der Waals surface area contributed by atoms with Crippen LogP contribution >= 0.6 is 0 Å². The van der Waals surface area contributed by atoms with Gasteiger partial charge in [0.1, 0.15) is 23.8 Å². The quantitative estimate of drug-likeness (QED) is 0.235. The topological polar surface area (TPSA) is 180 Å². The molecule has 5 aromatic rings. The highest BCUT2D eigenvalue weighted by Gasteiger charge is 2.37. The van der Waals surface area contributed by atoms with Crippen LogP contribution < -0.4 is 16.6 Å². The molecule has 7 N–H and O–H groups in total. The zero-order chi connectivity index (χ0) is 22.7. The van der Waals surface area contributed by atoms with Crippen molar-refractivity contribution in [3.8, 4) is 0 Å². The van der Waals surface area contributed by atoms with E-state index in [1.807, 2.05) is 30.3 Å². The lowest BCUT2D eigenvalue weighted by atomic mass is 10.2. The van der Waals surface area contributed by atoms with Crippen molar-refractivity contribution < 1.29 is 14.9 Å². The number of hydrogen-bond acceptors (Lipinski definition) is 9. The Balaban J connectivity index is 1.47. The van der Waals surface area contributed by atoms with Gasteiger partial charge in [0.05, 0.1) is 12.7 Å². The molecule has 0 aliphatic carbocycles. The van der Waals surface area contributed by atoms with Crippen LogP contribution in [0.1, 0.15) is 12.6 Å². The lowest BCUT2D eigenvalue weighted by Crippen LogP contribution is -2.24. The third-order valence-electron chi connectivity index (χ3n) is 5.85. The van der Waals surface area contributed by atoms with Gasteiger partial charge in [0, 0.05) is 22.7 Å². The smallest absolute Gasteiger partial charge is 0.280 e. The highest BCUT2D eigenvalue weighted by atomic mass is 16.5. The Morgan fingerprint density at radius 2 is 2.00 bits per heavy atom. The fraction of sp³-hybridized carbons (Fsp3) is 0.238. The first-order valence-electron chi connectivity index (χ1n) is 10.4. The number of nitrogens with one attached hydrogen (secondary N) is 3. The number of rotatable bonds is 4. The Hall–Kier alpha value is -4.00. The standard InChI is InChI=1S/C21H20N8O4/c22-20-27-18-16(19(32)28-20)26-21(29(18)15-7-12(31)13(8-30)33-15)25-14-6-5-10-9-3-1-2-4-11(9)23-17(10)24-14/h1-6,12-13,15,30-31H,7-8H2,(H3,22,27,28,32)(H2,23,24,25,26)/t12-,13+,15+/m0/s1. The molecule has 0 radical (unpaired) electrons. The normalized spacial score (nSPS) is 20.8. The van der Waals surface area contributed by atoms with Crippen LogP contribution in [0.25, 0.3) is 33.1 Å². The van der Waals surface area contributed by atoms with E-state index >= 15 is 0 Å². The molecule has 6 rings (SSSR count). The molecule has 3 atom stereocenters. The minimum Gasteiger partial charge on any atom is -0.394 e. The molecular formula is C21H20N8O4. The third kappa shape index (κ3) is 3.11. The molecule has 1 aromatic carbocycles. The molecule has 1 aliphatic heterocycles. The van der Waals surface area contributed by atoms with E-state index in [9.17, 15) is 15.0 Å². The molecule has 12 nitrogen and oxygen atoms in total. The van der Waals surface area contributed by atoms with Crippen molar-refractivity contribution in [3.05, 3.63) is 46.8 Å². The number of aromatic nitrogens is 6. The van der Waals surface area contributed by atoms with Gasteiger partial charge < -0.3 is 31.0 Å². The second-order valence-electron chi connectivity index (χ2n) is 7.93. The van der Waals surface area contributed by atoms with Gasteiger partial charge in [0.25, 0.3) is 5.56 Å². The molecule has 0 bridgehead atoms. The van der Waals surface area contributed by atoms with Gasteiger partial charge in [-0.1, -0.05) is 18.2 Å². The third-order valence-corrected chi connectivity index (χ3v) is 5.85. The molecule has 0 spiro atoms. The summed E-state index contributed by atoms with van der Waals surface area (Å²) in [6, 6.07) is 11.7. The summed E-state index contributed by atoms with van der Waals surface area (Å²) in [5.74, 6) is 0.648. The zero-order valence-corrected chi connectivity index (χ0v) is 17.2. The second kappa shape index (κ2) is 7.27. The highest BCUT2D eigenvalue weighted by molar-refractivity contribution is 6.06.